The molecule has 0 saturated carbocycles. The maximum atomic E-state index is 12.4. The molecule has 128 valence electrons. The zero-order chi connectivity index (χ0) is 16.4. The lowest BCUT2D eigenvalue weighted by atomic mass is 10.1. The molecule has 1 aromatic carbocycles. The van der Waals surface area contributed by atoms with E-state index < -0.39 is 18.7 Å². The van der Waals surface area contributed by atoms with E-state index in [0.29, 0.717) is 32.2 Å². The Bertz CT molecular complexity index is 510. The first kappa shape index (κ1) is 16.7. The summed E-state index contributed by atoms with van der Waals surface area (Å²) in [6.07, 6.45) is -3.61. The van der Waals surface area contributed by atoms with Gasteiger partial charge in [-0.05, 0) is 24.0 Å². The highest BCUT2D eigenvalue weighted by Crippen LogP contribution is 2.26. The zero-order valence-corrected chi connectivity index (χ0v) is 13.1. The number of fused-ring (bicyclic) bond motifs is 1. The lowest BCUT2D eigenvalue weighted by Crippen LogP contribution is -2.41. The molecule has 1 aliphatic heterocycles. The molecule has 1 atom stereocenters. The molecule has 0 spiro atoms. The van der Waals surface area contributed by atoms with Gasteiger partial charge in [0.25, 0.3) is 0 Å². The third-order valence-corrected chi connectivity index (χ3v) is 4.88. The molecule has 0 aromatic heterocycles. The molecule has 1 aromatic rings. The second-order valence-corrected chi connectivity index (χ2v) is 6.65. The normalized spacial score (nSPS) is 24.6. The van der Waals surface area contributed by atoms with E-state index >= 15 is 0 Å². The number of β-amino-alcohol motifs (C(OH)–C–C–N with tert-alkyl or cyclic N) is 1. The average molecular weight is 328 g/mol. The molecule has 1 fully saturated rings. The van der Waals surface area contributed by atoms with Crippen LogP contribution in [0.3, 0.4) is 0 Å². The third kappa shape index (κ3) is 4.46. The Labute approximate surface area is 134 Å². The Kier molecular flexibility index (Phi) is 4.94. The summed E-state index contributed by atoms with van der Waals surface area (Å²) in [4.78, 5) is 3.98. The Balaban J connectivity index is 1.57. The summed E-state index contributed by atoms with van der Waals surface area (Å²) in [5, 5.41) is 10.2. The Hall–Kier alpha value is -1.11. The predicted octanol–water partition coefficient (Wildman–Crippen LogP) is 2.08. The molecule has 1 heterocycles. The van der Waals surface area contributed by atoms with Gasteiger partial charge in [-0.1, -0.05) is 24.3 Å². The first-order chi connectivity index (χ1) is 10.9. The van der Waals surface area contributed by atoms with Crippen molar-refractivity contribution in [1.82, 2.24) is 9.80 Å². The standard InChI is InChI=1S/C17H23F3N2O/c18-17(19,20)5-6-21-7-8-22(12-16(23)11-21)15-9-13-3-1-2-4-14(13)10-15/h1-4,15-16,23H,5-12H2. The fourth-order valence-electron chi connectivity index (χ4n) is 3.69. The van der Waals surface area contributed by atoms with Crippen LogP contribution in [0.4, 0.5) is 13.2 Å². The number of hydrogen-bond donors (Lipinski definition) is 1. The van der Waals surface area contributed by atoms with E-state index in [2.05, 4.69) is 17.0 Å². The molecule has 0 radical (unpaired) electrons. The highest BCUT2D eigenvalue weighted by Gasteiger charge is 2.32. The van der Waals surface area contributed by atoms with Crippen molar-refractivity contribution in [2.45, 2.75) is 37.6 Å². The summed E-state index contributed by atoms with van der Waals surface area (Å²) in [5.74, 6) is 0. The number of aliphatic hydroxyl groups excluding tert-OH is 1. The van der Waals surface area contributed by atoms with Crippen molar-refractivity contribution < 1.29 is 18.3 Å². The number of alkyl halides is 3. The van der Waals surface area contributed by atoms with Crippen LogP contribution < -0.4 is 0 Å². The van der Waals surface area contributed by atoms with Crippen molar-refractivity contribution >= 4 is 0 Å². The van der Waals surface area contributed by atoms with Crippen molar-refractivity contribution in [2.24, 2.45) is 0 Å². The van der Waals surface area contributed by atoms with E-state index in [1.807, 2.05) is 12.1 Å². The fourth-order valence-corrected chi connectivity index (χ4v) is 3.69. The van der Waals surface area contributed by atoms with Crippen LogP contribution in [-0.4, -0.2) is 66.0 Å². The van der Waals surface area contributed by atoms with Gasteiger partial charge in [0, 0.05) is 38.8 Å². The number of halogens is 3. The van der Waals surface area contributed by atoms with Crippen molar-refractivity contribution in [3.8, 4) is 0 Å². The van der Waals surface area contributed by atoms with Crippen LogP contribution in [0.5, 0.6) is 0 Å². The van der Waals surface area contributed by atoms with Gasteiger partial charge in [0.2, 0.25) is 0 Å². The van der Waals surface area contributed by atoms with Crippen LogP contribution in [-0.2, 0) is 12.8 Å². The molecule has 23 heavy (non-hydrogen) atoms. The average Bonchev–Trinajstić information content (AvgIpc) is 2.82. The Morgan fingerprint density at radius 3 is 2.30 bits per heavy atom. The number of nitrogens with zero attached hydrogens (tertiary/aromatic N) is 2. The second-order valence-electron chi connectivity index (χ2n) is 6.65. The van der Waals surface area contributed by atoms with E-state index in [4.69, 9.17) is 0 Å². The van der Waals surface area contributed by atoms with E-state index in [1.165, 1.54) is 11.1 Å². The highest BCUT2D eigenvalue weighted by molar-refractivity contribution is 5.33. The van der Waals surface area contributed by atoms with Gasteiger partial charge >= 0.3 is 6.18 Å². The van der Waals surface area contributed by atoms with Crippen molar-refractivity contribution in [1.29, 1.82) is 0 Å². The first-order valence-electron chi connectivity index (χ1n) is 8.19. The summed E-state index contributed by atoms with van der Waals surface area (Å²) in [6, 6.07) is 8.71. The van der Waals surface area contributed by atoms with E-state index in [9.17, 15) is 18.3 Å². The molecule has 1 unspecified atom stereocenters. The van der Waals surface area contributed by atoms with Gasteiger partial charge in [0.05, 0.1) is 12.5 Å². The predicted molar refractivity (Wildman–Crippen MR) is 82.3 cm³/mol. The van der Waals surface area contributed by atoms with E-state index in [0.717, 1.165) is 12.8 Å². The van der Waals surface area contributed by atoms with Gasteiger partial charge in [-0.15, -0.1) is 0 Å². The Morgan fingerprint density at radius 2 is 1.70 bits per heavy atom. The number of rotatable bonds is 3. The largest absolute Gasteiger partial charge is 0.390 e. The van der Waals surface area contributed by atoms with Crippen LogP contribution in [0.25, 0.3) is 0 Å². The topological polar surface area (TPSA) is 26.7 Å². The zero-order valence-electron chi connectivity index (χ0n) is 13.1. The van der Waals surface area contributed by atoms with Crippen molar-refractivity contribution in [3.05, 3.63) is 35.4 Å². The molecule has 0 amide bonds. The van der Waals surface area contributed by atoms with Crippen LogP contribution in [0.1, 0.15) is 17.5 Å². The molecule has 3 nitrogen and oxygen atoms in total. The quantitative estimate of drug-likeness (QED) is 0.920. The minimum absolute atomic E-state index is 0.0285. The van der Waals surface area contributed by atoms with Gasteiger partial charge in [0.1, 0.15) is 0 Å². The number of aliphatic hydroxyl groups is 1. The fraction of sp³-hybridized carbons (Fsp3) is 0.647. The lowest BCUT2D eigenvalue weighted by Gasteiger charge is -2.28. The highest BCUT2D eigenvalue weighted by atomic mass is 19.4. The SMILES string of the molecule is OC1CN(CCC(F)(F)F)CCN(C2Cc3ccccc3C2)C1. The number of benzene rings is 1. The smallest absolute Gasteiger partial charge is 0.390 e. The maximum Gasteiger partial charge on any atom is 0.390 e. The third-order valence-electron chi connectivity index (χ3n) is 4.88. The molecule has 3 rings (SSSR count). The molecule has 1 aliphatic carbocycles. The van der Waals surface area contributed by atoms with Crippen LogP contribution in [0, 0.1) is 0 Å². The molecule has 6 heteroatoms. The maximum absolute atomic E-state index is 12.4. The summed E-state index contributed by atoms with van der Waals surface area (Å²) < 4.78 is 37.2. The summed E-state index contributed by atoms with van der Waals surface area (Å²) in [6.45, 7) is 2.14. The first-order valence-corrected chi connectivity index (χ1v) is 8.19. The molecular formula is C17H23F3N2O. The van der Waals surface area contributed by atoms with Crippen molar-refractivity contribution in [2.75, 3.05) is 32.7 Å². The molecule has 2 aliphatic rings. The van der Waals surface area contributed by atoms with Crippen LogP contribution >= 0.6 is 0 Å². The van der Waals surface area contributed by atoms with Crippen molar-refractivity contribution in [3.63, 3.8) is 0 Å². The van der Waals surface area contributed by atoms with Crippen LogP contribution in [0.2, 0.25) is 0 Å². The van der Waals surface area contributed by atoms with E-state index in [1.54, 1.807) is 4.90 Å². The van der Waals surface area contributed by atoms with Gasteiger partial charge < -0.3 is 5.11 Å². The minimum Gasteiger partial charge on any atom is -0.390 e. The van der Waals surface area contributed by atoms with Gasteiger partial charge in [0.15, 0.2) is 0 Å². The second kappa shape index (κ2) is 6.79. The Morgan fingerprint density at radius 1 is 1.04 bits per heavy atom. The number of hydrogen-bond acceptors (Lipinski definition) is 3. The molecule has 1 N–H and O–H groups in total. The minimum atomic E-state index is -4.13. The van der Waals surface area contributed by atoms with Gasteiger partial charge in [-0.25, -0.2) is 0 Å². The van der Waals surface area contributed by atoms with Crippen LogP contribution in [0.15, 0.2) is 24.3 Å². The van der Waals surface area contributed by atoms with E-state index in [-0.39, 0.29) is 6.54 Å². The van der Waals surface area contributed by atoms with Gasteiger partial charge in [-0.2, -0.15) is 13.2 Å². The molecule has 0 bridgehead atoms. The molecular weight excluding hydrogens is 305 g/mol. The summed E-state index contributed by atoms with van der Waals surface area (Å²) in [5.41, 5.74) is 2.70. The molecule has 1 saturated heterocycles. The monoisotopic (exact) mass is 328 g/mol. The van der Waals surface area contributed by atoms with Gasteiger partial charge in [-0.3, -0.25) is 9.80 Å². The lowest BCUT2D eigenvalue weighted by molar-refractivity contribution is -0.138. The summed E-state index contributed by atoms with van der Waals surface area (Å²) >= 11 is 0. The summed E-state index contributed by atoms with van der Waals surface area (Å²) in [7, 11) is 0.